The summed E-state index contributed by atoms with van der Waals surface area (Å²) in [6.07, 6.45) is 2.71. The first-order valence-corrected chi connectivity index (χ1v) is 8.88. The summed E-state index contributed by atoms with van der Waals surface area (Å²) >= 11 is 1.80. The van der Waals surface area contributed by atoms with Gasteiger partial charge in [-0.1, -0.05) is 11.2 Å². The van der Waals surface area contributed by atoms with Crippen LogP contribution in [0.2, 0.25) is 0 Å². The quantitative estimate of drug-likeness (QED) is 0.282. The molecule has 0 bridgehead atoms. The lowest BCUT2D eigenvalue weighted by molar-refractivity contribution is 0.372. The van der Waals surface area contributed by atoms with E-state index in [0.29, 0.717) is 11.7 Å². The topological polar surface area (TPSA) is 66.5 Å². The molecule has 0 atom stereocenters. The van der Waals surface area contributed by atoms with Crippen LogP contribution in [0.4, 0.5) is 0 Å². The molecule has 0 radical (unpaired) electrons. The molecule has 2 aromatic heterocycles. The lowest BCUT2D eigenvalue weighted by atomic mass is 10.3. The van der Waals surface area contributed by atoms with Crippen molar-refractivity contribution in [2.24, 2.45) is 4.99 Å². The molecular weight excluding hydrogens is 437 g/mol. The van der Waals surface area contributed by atoms with E-state index in [1.54, 1.807) is 11.3 Å². The van der Waals surface area contributed by atoms with E-state index in [0.717, 1.165) is 44.9 Å². The van der Waals surface area contributed by atoms with Crippen molar-refractivity contribution in [2.75, 3.05) is 26.7 Å². The van der Waals surface area contributed by atoms with Gasteiger partial charge in [-0.15, -0.1) is 35.3 Å². The summed E-state index contributed by atoms with van der Waals surface area (Å²) in [4.78, 5) is 12.5. The van der Waals surface area contributed by atoms with Gasteiger partial charge in [0.1, 0.15) is 0 Å². The minimum Gasteiger partial charge on any atom is -0.357 e. The maximum Gasteiger partial charge on any atom is 0.226 e. The molecule has 0 spiro atoms. The number of aryl methyl sites for hydroxylation is 2. The van der Waals surface area contributed by atoms with Crippen molar-refractivity contribution in [3.63, 3.8) is 0 Å². The van der Waals surface area contributed by atoms with E-state index in [4.69, 9.17) is 4.52 Å². The molecule has 0 aromatic carbocycles. The van der Waals surface area contributed by atoms with Crippen molar-refractivity contribution in [3.8, 4) is 0 Å². The van der Waals surface area contributed by atoms with E-state index in [1.807, 2.05) is 6.92 Å². The summed E-state index contributed by atoms with van der Waals surface area (Å²) in [5.41, 5.74) is 0. The first-order valence-electron chi connectivity index (χ1n) is 8.00. The zero-order chi connectivity index (χ0) is 16.5. The predicted octanol–water partition coefficient (Wildman–Crippen LogP) is 3.13. The molecule has 0 aliphatic rings. The number of halogens is 1. The number of rotatable bonds is 8. The molecule has 2 rings (SSSR count). The van der Waals surface area contributed by atoms with Crippen molar-refractivity contribution in [1.82, 2.24) is 20.4 Å². The maximum atomic E-state index is 5.11. The van der Waals surface area contributed by atoms with Crippen LogP contribution in [0.5, 0.6) is 0 Å². The largest absolute Gasteiger partial charge is 0.357 e. The molecule has 8 heteroatoms. The Balaban J connectivity index is 0.00000288. The molecule has 0 aliphatic heterocycles. The maximum absolute atomic E-state index is 5.11. The van der Waals surface area contributed by atoms with E-state index in [-0.39, 0.29) is 24.0 Å². The number of guanidine groups is 1. The van der Waals surface area contributed by atoms with Gasteiger partial charge in [-0.3, -0.25) is 4.99 Å². The number of thiophene rings is 1. The summed E-state index contributed by atoms with van der Waals surface area (Å²) in [5.74, 6) is 2.32. The minimum absolute atomic E-state index is 0. The second-order valence-electron chi connectivity index (χ2n) is 5.33. The van der Waals surface area contributed by atoms with Gasteiger partial charge in [0, 0.05) is 38.0 Å². The van der Waals surface area contributed by atoms with Gasteiger partial charge < -0.3 is 14.7 Å². The second-order valence-corrected chi connectivity index (χ2v) is 6.36. The number of likely N-dealkylation sites (N-methyl/N-ethyl adjacent to an activating group) is 1. The third-order valence-corrected chi connectivity index (χ3v) is 4.29. The van der Waals surface area contributed by atoms with Crippen molar-refractivity contribution in [1.29, 1.82) is 0 Å². The van der Waals surface area contributed by atoms with Crippen LogP contribution >= 0.6 is 35.3 Å². The zero-order valence-corrected chi connectivity index (χ0v) is 17.6. The highest BCUT2D eigenvalue weighted by Crippen LogP contribution is 2.09. The zero-order valence-electron chi connectivity index (χ0n) is 14.5. The van der Waals surface area contributed by atoms with Crippen LogP contribution in [-0.2, 0) is 12.8 Å². The van der Waals surface area contributed by atoms with E-state index in [9.17, 15) is 0 Å². The highest BCUT2D eigenvalue weighted by molar-refractivity contribution is 14.0. The molecule has 6 nitrogen and oxygen atoms in total. The van der Waals surface area contributed by atoms with Gasteiger partial charge in [0.2, 0.25) is 5.89 Å². The average Bonchev–Trinajstić information content (AvgIpc) is 3.19. The van der Waals surface area contributed by atoms with Gasteiger partial charge in [0.25, 0.3) is 0 Å². The molecule has 0 amide bonds. The van der Waals surface area contributed by atoms with E-state index < -0.39 is 0 Å². The number of nitrogens with zero attached hydrogens (tertiary/aromatic N) is 4. The van der Waals surface area contributed by atoms with E-state index in [2.05, 4.69) is 56.8 Å². The van der Waals surface area contributed by atoms with Crippen LogP contribution in [-0.4, -0.2) is 47.7 Å². The molecule has 0 saturated heterocycles. The van der Waals surface area contributed by atoms with Gasteiger partial charge in [0.15, 0.2) is 11.8 Å². The van der Waals surface area contributed by atoms with Gasteiger partial charge in [-0.2, -0.15) is 4.98 Å². The molecule has 0 saturated carbocycles. The molecule has 0 aliphatic carbocycles. The summed E-state index contributed by atoms with van der Waals surface area (Å²) in [7, 11) is 2.08. The monoisotopic (exact) mass is 463 g/mol. The Labute approximate surface area is 164 Å². The molecule has 2 aromatic rings. The molecule has 0 fully saturated rings. The number of aromatic nitrogens is 2. The third kappa shape index (κ3) is 7.16. The highest BCUT2D eigenvalue weighted by atomic mass is 127. The summed E-state index contributed by atoms with van der Waals surface area (Å²) in [6.45, 7) is 6.48. The van der Waals surface area contributed by atoms with Crippen LogP contribution in [0.25, 0.3) is 0 Å². The fourth-order valence-electron chi connectivity index (χ4n) is 2.17. The predicted molar refractivity (Wildman–Crippen MR) is 109 cm³/mol. The Morgan fingerprint density at radius 2 is 2.25 bits per heavy atom. The standard InChI is InChI=1S/C16H25N5OS.HI/c1-4-17-16(21(3)11-9-14-7-6-12-23-14)18-10-5-8-15-19-13(2)20-22-15;/h6-7,12H,4-5,8-11H2,1-3H3,(H,17,18);1H. The third-order valence-electron chi connectivity index (χ3n) is 3.35. The van der Waals surface area contributed by atoms with Crippen LogP contribution in [0.15, 0.2) is 27.0 Å². The molecule has 2 heterocycles. The smallest absolute Gasteiger partial charge is 0.226 e. The Morgan fingerprint density at radius 3 is 2.88 bits per heavy atom. The van der Waals surface area contributed by atoms with E-state index >= 15 is 0 Å². The molecule has 1 N–H and O–H groups in total. The highest BCUT2D eigenvalue weighted by Gasteiger charge is 2.07. The molecule has 134 valence electrons. The van der Waals surface area contributed by atoms with Crippen molar-refractivity contribution in [2.45, 2.75) is 33.1 Å². The first kappa shape index (κ1) is 20.9. The van der Waals surface area contributed by atoms with Gasteiger partial charge in [-0.25, -0.2) is 0 Å². The Morgan fingerprint density at radius 1 is 1.42 bits per heavy atom. The number of hydrogen-bond acceptors (Lipinski definition) is 5. The number of nitrogens with one attached hydrogen (secondary N) is 1. The Bertz CT molecular complexity index is 599. The van der Waals surface area contributed by atoms with Gasteiger partial charge in [-0.05, 0) is 38.1 Å². The Kier molecular flexibility index (Phi) is 9.92. The molecule has 24 heavy (non-hydrogen) atoms. The first-order chi connectivity index (χ1) is 11.2. The van der Waals surface area contributed by atoms with E-state index in [1.165, 1.54) is 4.88 Å². The second kappa shape index (κ2) is 11.4. The van der Waals surface area contributed by atoms with Gasteiger partial charge in [0.05, 0.1) is 0 Å². The summed E-state index contributed by atoms with van der Waals surface area (Å²) in [6, 6.07) is 4.27. The number of aliphatic imine (C=N–C) groups is 1. The minimum atomic E-state index is 0. The Hall–Kier alpha value is -1.16. The fourth-order valence-corrected chi connectivity index (χ4v) is 2.86. The van der Waals surface area contributed by atoms with Crippen molar-refractivity contribution >= 4 is 41.3 Å². The SMILES string of the molecule is CCNC(=NCCCc1nc(C)no1)N(C)CCc1cccs1.I. The number of hydrogen-bond donors (Lipinski definition) is 1. The van der Waals surface area contributed by atoms with Crippen LogP contribution in [0.3, 0.4) is 0 Å². The summed E-state index contributed by atoms with van der Waals surface area (Å²) in [5, 5.41) is 9.26. The molecular formula is C16H26IN5OS. The van der Waals surface area contributed by atoms with Gasteiger partial charge >= 0.3 is 0 Å². The lowest BCUT2D eigenvalue weighted by Gasteiger charge is -2.21. The van der Waals surface area contributed by atoms with Crippen LogP contribution in [0, 0.1) is 6.92 Å². The summed E-state index contributed by atoms with van der Waals surface area (Å²) < 4.78 is 5.11. The normalized spacial score (nSPS) is 11.2. The van der Waals surface area contributed by atoms with Crippen LogP contribution in [0.1, 0.15) is 29.9 Å². The van der Waals surface area contributed by atoms with Crippen molar-refractivity contribution in [3.05, 3.63) is 34.1 Å². The molecule has 0 unspecified atom stereocenters. The van der Waals surface area contributed by atoms with Crippen LogP contribution < -0.4 is 5.32 Å². The fraction of sp³-hybridized carbons (Fsp3) is 0.562. The lowest BCUT2D eigenvalue weighted by Crippen LogP contribution is -2.40. The average molecular weight is 463 g/mol. The van der Waals surface area contributed by atoms with Crippen molar-refractivity contribution < 1.29 is 4.52 Å².